The molecule has 7 nitrogen and oxygen atoms in total. The van der Waals surface area contributed by atoms with Crippen LogP contribution in [0, 0.1) is 17.8 Å². The van der Waals surface area contributed by atoms with Crippen LogP contribution >= 0.6 is 0 Å². The van der Waals surface area contributed by atoms with Gasteiger partial charge in [-0.25, -0.2) is 4.99 Å². The van der Waals surface area contributed by atoms with E-state index in [4.69, 9.17) is 9.73 Å². The number of ether oxygens (including phenoxy) is 1. The van der Waals surface area contributed by atoms with Gasteiger partial charge in [0.15, 0.2) is 5.96 Å². The van der Waals surface area contributed by atoms with E-state index in [0.717, 1.165) is 30.3 Å². The van der Waals surface area contributed by atoms with Crippen LogP contribution in [0.4, 0.5) is 5.69 Å². The zero-order valence-corrected chi connectivity index (χ0v) is 18.2. The number of hydrogen-bond acceptors (Lipinski definition) is 4. The van der Waals surface area contributed by atoms with Crippen molar-refractivity contribution in [1.82, 2.24) is 10.2 Å². The van der Waals surface area contributed by atoms with Crippen molar-refractivity contribution in [1.29, 1.82) is 0 Å². The fourth-order valence-corrected chi connectivity index (χ4v) is 3.52. The van der Waals surface area contributed by atoms with E-state index in [-0.39, 0.29) is 23.7 Å². The lowest BCUT2D eigenvalue weighted by Gasteiger charge is -2.21. The van der Waals surface area contributed by atoms with Gasteiger partial charge in [0.2, 0.25) is 5.91 Å². The minimum Gasteiger partial charge on any atom is -0.469 e. The molecule has 1 amide bonds. The Hall–Kier alpha value is -2.57. The van der Waals surface area contributed by atoms with Crippen LogP contribution < -0.4 is 10.6 Å². The molecule has 1 saturated heterocycles. The van der Waals surface area contributed by atoms with E-state index in [1.807, 2.05) is 45.0 Å². The van der Waals surface area contributed by atoms with Gasteiger partial charge in [-0.2, -0.15) is 0 Å². The highest BCUT2D eigenvalue weighted by atomic mass is 16.5. The molecule has 2 unspecified atom stereocenters. The van der Waals surface area contributed by atoms with E-state index in [1.54, 1.807) is 0 Å². The Morgan fingerprint density at radius 1 is 1.31 bits per heavy atom. The number of rotatable bonds is 7. The van der Waals surface area contributed by atoms with Gasteiger partial charge >= 0.3 is 5.97 Å². The number of anilines is 1. The first-order chi connectivity index (χ1) is 13.8. The monoisotopic (exact) mass is 402 g/mol. The molecular weight excluding hydrogens is 368 g/mol. The van der Waals surface area contributed by atoms with Crippen molar-refractivity contribution < 1.29 is 14.3 Å². The molecule has 1 aromatic carbocycles. The minimum atomic E-state index is -0.166. The summed E-state index contributed by atoms with van der Waals surface area (Å²) in [5, 5.41) is 6.26. The van der Waals surface area contributed by atoms with E-state index >= 15 is 0 Å². The Bertz CT molecular complexity index is 733. The second kappa shape index (κ2) is 10.8. The predicted octanol–water partition coefficient (Wildman–Crippen LogP) is 2.88. The zero-order valence-electron chi connectivity index (χ0n) is 18.2. The van der Waals surface area contributed by atoms with E-state index < -0.39 is 0 Å². The molecule has 0 aromatic heterocycles. The van der Waals surface area contributed by atoms with E-state index in [2.05, 4.69) is 22.5 Å². The van der Waals surface area contributed by atoms with Crippen molar-refractivity contribution in [3.05, 3.63) is 29.8 Å². The maximum atomic E-state index is 12.0. The summed E-state index contributed by atoms with van der Waals surface area (Å²) < 4.78 is 4.93. The van der Waals surface area contributed by atoms with Gasteiger partial charge in [-0.15, -0.1) is 0 Å². The fraction of sp³-hybridized carbons (Fsp3) is 0.591. The van der Waals surface area contributed by atoms with Gasteiger partial charge in [-0.05, 0) is 36.5 Å². The third kappa shape index (κ3) is 6.76. The number of carbonyl (C=O) groups excluding carboxylic acids is 2. The summed E-state index contributed by atoms with van der Waals surface area (Å²) in [6.45, 7) is 10.7. The molecule has 7 heteroatoms. The normalized spacial score (nSPS) is 19.4. The molecule has 0 aliphatic carbocycles. The molecule has 1 heterocycles. The largest absolute Gasteiger partial charge is 0.469 e. The van der Waals surface area contributed by atoms with Crippen LogP contribution in [0.1, 0.15) is 39.7 Å². The van der Waals surface area contributed by atoms with Crippen molar-refractivity contribution in [2.75, 3.05) is 32.1 Å². The number of hydrogen-bond donors (Lipinski definition) is 2. The van der Waals surface area contributed by atoms with Gasteiger partial charge in [0.25, 0.3) is 0 Å². The van der Waals surface area contributed by atoms with Crippen LogP contribution in [0.2, 0.25) is 0 Å². The average molecular weight is 403 g/mol. The summed E-state index contributed by atoms with van der Waals surface area (Å²) in [4.78, 5) is 30.9. The topological polar surface area (TPSA) is 83.0 Å². The molecule has 160 valence electrons. The zero-order chi connectivity index (χ0) is 21.4. The SMILES string of the molecule is CCNC(=NCc1cccc(NC(=O)CC(C)C)c1)N1CC(C)C(C(=O)OC)C1. The summed E-state index contributed by atoms with van der Waals surface area (Å²) in [5.41, 5.74) is 1.80. The minimum absolute atomic E-state index is 0.0221. The molecule has 0 radical (unpaired) electrons. The molecule has 0 saturated carbocycles. The first-order valence-electron chi connectivity index (χ1n) is 10.3. The van der Waals surface area contributed by atoms with Crippen LogP contribution in [0.25, 0.3) is 0 Å². The Labute approximate surface area is 173 Å². The van der Waals surface area contributed by atoms with Gasteiger partial charge < -0.3 is 20.3 Å². The maximum Gasteiger partial charge on any atom is 0.310 e. The maximum absolute atomic E-state index is 12.0. The number of likely N-dealkylation sites (tertiary alicyclic amines) is 1. The molecule has 0 bridgehead atoms. The van der Waals surface area contributed by atoms with Crippen molar-refractivity contribution in [3.8, 4) is 0 Å². The summed E-state index contributed by atoms with van der Waals surface area (Å²) in [7, 11) is 1.43. The van der Waals surface area contributed by atoms with Crippen LogP contribution in [0.15, 0.2) is 29.3 Å². The second-order valence-corrected chi connectivity index (χ2v) is 8.03. The number of guanidine groups is 1. The summed E-state index contributed by atoms with van der Waals surface area (Å²) in [5.74, 6) is 1.05. The van der Waals surface area contributed by atoms with Gasteiger partial charge in [0.1, 0.15) is 0 Å². The molecule has 2 atom stereocenters. The van der Waals surface area contributed by atoms with E-state index in [1.165, 1.54) is 7.11 Å². The molecule has 1 aromatic rings. The molecular formula is C22H34N4O3. The summed E-state index contributed by atoms with van der Waals surface area (Å²) >= 11 is 0. The number of amides is 1. The first kappa shape index (κ1) is 22.7. The lowest BCUT2D eigenvalue weighted by atomic mass is 9.99. The molecule has 1 aliphatic rings. The molecule has 2 N–H and O–H groups in total. The molecule has 1 fully saturated rings. The lowest BCUT2D eigenvalue weighted by molar-refractivity contribution is -0.146. The fourth-order valence-electron chi connectivity index (χ4n) is 3.52. The third-order valence-electron chi connectivity index (χ3n) is 4.97. The Morgan fingerprint density at radius 3 is 2.72 bits per heavy atom. The highest BCUT2D eigenvalue weighted by molar-refractivity contribution is 5.90. The number of methoxy groups -OCH3 is 1. The van der Waals surface area contributed by atoms with Crippen LogP contribution in [-0.4, -0.2) is 49.5 Å². The van der Waals surface area contributed by atoms with Gasteiger partial charge in [0.05, 0.1) is 19.6 Å². The molecule has 2 rings (SSSR count). The van der Waals surface area contributed by atoms with E-state index in [0.29, 0.717) is 25.4 Å². The van der Waals surface area contributed by atoms with Crippen molar-refractivity contribution in [2.45, 2.75) is 40.7 Å². The predicted molar refractivity (Wildman–Crippen MR) is 116 cm³/mol. The average Bonchev–Trinajstić information content (AvgIpc) is 3.05. The second-order valence-electron chi connectivity index (χ2n) is 8.03. The highest BCUT2D eigenvalue weighted by Crippen LogP contribution is 2.24. The summed E-state index contributed by atoms with van der Waals surface area (Å²) in [6, 6.07) is 7.76. The number of esters is 1. The van der Waals surface area contributed by atoms with Crippen LogP contribution in [-0.2, 0) is 20.9 Å². The van der Waals surface area contributed by atoms with Crippen LogP contribution in [0.5, 0.6) is 0 Å². The van der Waals surface area contributed by atoms with Gasteiger partial charge in [-0.1, -0.05) is 32.9 Å². The summed E-state index contributed by atoms with van der Waals surface area (Å²) in [6.07, 6.45) is 0.501. The Morgan fingerprint density at radius 2 is 2.07 bits per heavy atom. The molecule has 1 aliphatic heterocycles. The van der Waals surface area contributed by atoms with E-state index in [9.17, 15) is 9.59 Å². The standard InChI is InChI=1S/C22H34N4O3/c1-6-23-22(26-13-16(4)19(14-26)21(28)29-5)24-12-17-8-7-9-18(11-17)25-20(27)10-15(2)3/h7-9,11,15-16,19H,6,10,12-14H2,1-5H3,(H,23,24)(H,25,27). The number of nitrogens with zero attached hydrogens (tertiary/aromatic N) is 2. The van der Waals surface area contributed by atoms with Gasteiger partial charge in [0, 0.05) is 31.7 Å². The quantitative estimate of drug-likeness (QED) is 0.416. The van der Waals surface area contributed by atoms with Crippen molar-refractivity contribution >= 4 is 23.5 Å². The Balaban J connectivity index is 2.06. The lowest BCUT2D eigenvalue weighted by Crippen LogP contribution is -2.40. The van der Waals surface area contributed by atoms with Crippen LogP contribution in [0.3, 0.4) is 0 Å². The van der Waals surface area contributed by atoms with Gasteiger partial charge in [-0.3, -0.25) is 9.59 Å². The Kier molecular flexibility index (Phi) is 8.49. The highest BCUT2D eigenvalue weighted by Gasteiger charge is 2.36. The third-order valence-corrected chi connectivity index (χ3v) is 4.97. The smallest absolute Gasteiger partial charge is 0.310 e. The first-order valence-corrected chi connectivity index (χ1v) is 10.3. The number of carbonyl (C=O) groups is 2. The number of nitrogens with one attached hydrogen (secondary N) is 2. The van der Waals surface area contributed by atoms with Crippen molar-refractivity contribution in [3.63, 3.8) is 0 Å². The molecule has 0 spiro atoms. The number of aliphatic imine (C=N–C) groups is 1. The van der Waals surface area contributed by atoms with Crippen molar-refractivity contribution in [2.24, 2.45) is 22.7 Å². The molecule has 29 heavy (non-hydrogen) atoms. The number of benzene rings is 1.